The molecule has 5 amide bonds. The molecule has 2 fully saturated rings. The molecule has 82 heavy (non-hydrogen) atoms. The number of aliphatic hydroxyl groups is 4. The van der Waals surface area contributed by atoms with E-state index in [1.54, 1.807) is 5.32 Å². The Balaban J connectivity index is 1.30. The van der Waals surface area contributed by atoms with Crippen molar-refractivity contribution in [2.75, 3.05) is 26.7 Å². The number of alkyl carbamates (subject to hydrolysis) is 3. The Morgan fingerprint density at radius 1 is 0.732 bits per heavy atom. The molecule has 2 heterocycles. The molecular weight excluding hydrogens is 1110 g/mol. The Hall–Kier alpha value is -8.34. The number of carbonyl (C=O) groups excluding carboxylic acids is 5. The van der Waals surface area contributed by atoms with E-state index in [0.717, 1.165) is 24.3 Å². The highest BCUT2D eigenvalue weighted by Crippen LogP contribution is 2.38. The monoisotopic (exact) mass is 1170 g/mol. The minimum atomic E-state index is -5.35. The number of aliphatic hydroxyl groups excluding tert-OH is 3. The van der Waals surface area contributed by atoms with Crippen LogP contribution in [-0.4, -0.2) is 165 Å². The maximum absolute atomic E-state index is 13.9. The SMILES string of the molecule is CN[C@@H]1[C@@H](O)[C@@H](O[C@H]2[C@H](NC(=O)[C@@H](O)CCNC(=O)OCc3ccc([N+](=O)[O-])cc3)C[C@H](NC(=O)OCc3ccc([N+](=O)[O-])cc3)C(C3OC(CNC(=O)C(F)(F)F)=CC[C@H]3NC(=O)OCc3ccc([N+](=O)[O-])cc3)[C@@H]2O)OC[C@]1(C)O. The maximum Gasteiger partial charge on any atom is 0.471 e. The summed E-state index contributed by atoms with van der Waals surface area (Å²) in [6.45, 7) is -1.74. The second-order valence-corrected chi connectivity index (χ2v) is 19.2. The van der Waals surface area contributed by atoms with Gasteiger partial charge < -0.3 is 80.7 Å². The number of amides is 5. The molecule has 0 radical (unpaired) electrons. The number of rotatable bonds is 22. The fraction of sp³-hybridized carbons (Fsp3) is 0.490. The number of hydrogen-bond donors (Lipinski definition) is 10. The number of non-ortho nitro benzene ring substituents is 3. The van der Waals surface area contributed by atoms with Gasteiger partial charge in [-0.2, -0.15) is 13.2 Å². The molecule has 33 heteroatoms. The summed E-state index contributed by atoms with van der Waals surface area (Å²) in [7, 11) is 1.40. The van der Waals surface area contributed by atoms with Crippen LogP contribution in [0.5, 0.6) is 0 Å². The highest BCUT2D eigenvalue weighted by atomic mass is 19.4. The van der Waals surface area contributed by atoms with Crippen LogP contribution in [0, 0.1) is 36.3 Å². The molecule has 0 bridgehead atoms. The van der Waals surface area contributed by atoms with Gasteiger partial charge in [0.15, 0.2) is 6.29 Å². The molecule has 446 valence electrons. The number of alkyl halides is 3. The van der Waals surface area contributed by atoms with E-state index in [0.29, 0.717) is 11.1 Å². The molecule has 2 unspecified atom stereocenters. The third-order valence-electron chi connectivity index (χ3n) is 13.4. The first-order chi connectivity index (χ1) is 38.7. The topological polar surface area (TPSA) is 423 Å². The van der Waals surface area contributed by atoms with Crippen molar-refractivity contribution < 1.29 is 101 Å². The lowest BCUT2D eigenvalue weighted by Gasteiger charge is -2.51. The quantitative estimate of drug-likeness (QED) is 0.0388. The van der Waals surface area contributed by atoms with E-state index in [-0.39, 0.29) is 48.0 Å². The lowest BCUT2D eigenvalue weighted by atomic mass is 9.72. The van der Waals surface area contributed by atoms with Crippen molar-refractivity contribution in [1.29, 1.82) is 0 Å². The number of nitro groups is 3. The standard InChI is InChI=1S/C49H58F3N9O21/c1-48(70)24-80-43(38(64)41(48)53-2)82-40-34(56-42(65)35(62)17-18-54-45(67)77-21-25-3-9-28(10-4-25)59(71)72)19-33(58-47(69)79-23-27-7-13-30(14-8-27)61(75)76)36(37(40)63)39-32(16-15-31(81-39)20-55-44(66)49(50,51)52)57-46(68)78-22-26-5-11-29(12-6-26)60(73)74/h3-15,32-41,43,53,62-64,70H,16-24H2,1-2H3,(H,54,67)(H,55,66)(H,56,65)(H,57,68)(H,58,69)/t32-,33+,34-,35+,36?,37+,38-,39?,40+,41-,43-,48+/m1/s1. The number of nitrogens with zero attached hydrogens (tertiary/aromatic N) is 3. The number of halogens is 3. The first kappa shape index (κ1) is 62.9. The summed E-state index contributed by atoms with van der Waals surface area (Å²) in [5.41, 5.74) is -1.53. The van der Waals surface area contributed by atoms with Gasteiger partial charge in [-0.1, -0.05) is 0 Å². The molecule has 2 aliphatic heterocycles. The number of nitrogens with one attached hydrogen (secondary N) is 6. The minimum absolute atomic E-state index is 0.201. The van der Waals surface area contributed by atoms with Gasteiger partial charge in [0, 0.05) is 54.9 Å². The first-order valence-electron chi connectivity index (χ1n) is 24.9. The van der Waals surface area contributed by atoms with Crippen molar-refractivity contribution in [2.24, 2.45) is 5.92 Å². The fourth-order valence-electron chi connectivity index (χ4n) is 9.19. The highest BCUT2D eigenvalue weighted by Gasteiger charge is 2.55. The number of likely N-dealkylation sites (N-methyl/N-ethyl adjacent to an activating group) is 1. The molecule has 1 aliphatic carbocycles. The molecule has 6 rings (SSSR count). The van der Waals surface area contributed by atoms with Crippen LogP contribution in [-0.2, 0) is 57.8 Å². The minimum Gasteiger partial charge on any atom is -0.491 e. The molecule has 30 nitrogen and oxygen atoms in total. The van der Waals surface area contributed by atoms with Crippen molar-refractivity contribution in [1.82, 2.24) is 31.9 Å². The lowest BCUT2D eigenvalue weighted by Crippen LogP contribution is -2.70. The summed E-state index contributed by atoms with van der Waals surface area (Å²) in [5, 5.41) is 94.2. The summed E-state index contributed by atoms with van der Waals surface area (Å²) in [6.07, 6.45) is -20.0. The van der Waals surface area contributed by atoms with E-state index in [2.05, 4.69) is 26.6 Å². The van der Waals surface area contributed by atoms with Gasteiger partial charge in [-0.15, -0.1) is 0 Å². The van der Waals surface area contributed by atoms with E-state index in [9.17, 15) is 87.9 Å². The highest BCUT2D eigenvalue weighted by molar-refractivity contribution is 5.82. The van der Waals surface area contributed by atoms with E-state index < -0.39 is 163 Å². The van der Waals surface area contributed by atoms with Crippen molar-refractivity contribution in [3.63, 3.8) is 0 Å². The van der Waals surface area contributed by atoms with Gasteiger partial charge >= 0.3 is 30.4 Å². The van der Waals surface area contributed by atoms with Gasteiger partial charge in [-0.3, -0.25) is 39.9 Å². The van der Waals surface area contributed by atoms with Crippen LogP contribution in [0.3, 0.4) is 0 Å². The Labute approximate surface area is 462 Å². The van der Waals surface area contributed by atoms with Crippen molar-refractivity contribution >= 4 is 47.2 Å². The summed E-state index contributed by atoms with van der Waals surface area (Å²) >= 11 is 0. The van der Waals surface area contributed by atoms with Crippen LogP contribution in [0.2, 0.25) is 0 Å². The van der Waals surface area contributed by atoms with Crippen molar-refractivity contribution in [3.05, 3.63) is 132 Å². The third-order valence-corrected chi connectivity index (χ3v) is 13.4. The van der Waals surface area contributed by atoms with Gasteiger partial charge in [0.1, 0.15) is 55.6 Å². The van der Waals surface area contributed by atoms with Crippen LogP contribution in [0.25, 0.3) is 0 Å². The second kappa shape index (κ2) is 27.9. The van der Waals surface area contributed by atoms with Gasteiger partial charge in [-0.05, 0) is 92.4 Å². The molecule has 1 saturated carbocycles. The molecule has 10 N–H and O–H groups in total. The number of nitro benzene ring substituents is 3. The van der Waals surface area contributed by atoms with Crippen molar-refractivity contribution in [3.8, 4) is 0 Å². The van der Waals surface area contributed by atoms with E-state index in [1.807, 2.05) is 0 Å². The molecule has 1 saturated heterocycles. The van der Waals surface area contributed by atoms with Crippen LogP contribution in [0.1, 0.15) is 42.9 Å². The Bertz CT molecular complexity index is 2800. The van der Waals surface area contributed by atoms with Crippen molar-refractivity contribution in [2.45, 2.75) is 119 Å². The zero-order valence-electron chi connectivity index (χ0n) is 43.4. The number of benzene rings is 3. The van der Waals surface area contributed by atoms with Gasteiger partial charge in [0.05, 0.1) is 52.2 Å². The lowest BCUT2D eigenvalue weighted by molar-refractivity contribution is -0.385. The summed E-state index contributed by atoms with van der Waals surface area (Å²) in [5.74, 6) is -5.54. The average molecular weight is 1170 g/mol. The van der Waals surface area contributed by atoms with Crippen LogP contribution in [0.15, 0.2) is 84.6 Å². The molecule has 3 aliphatic rings. The summed E-state index contributed by atoms with van der Waals surface area (Å²) in [6, 6.07) is 9.25. The zero-order valence-corrected chi connectivity index (χ0v) is 43.4. The fourth-order valence-corrected chi connectivity index (χ4v) is 9.19. The maximum atomic E-state index is 13.9. The predicted molar refractivity (Wildman–Crippen MR) is 269 cm³/mol. The molecule has 3 aromatic rings. The first-order valence-corrected chi connectivity index (χ1v) is 24.9. The summed E-state index contributed by atoms with van der Waals surface area (Å²) in [4.78, 5) is 97.3. The number of carbonyl (C=O) groups is 5. The number of hydrogen-bond acceptors (Lipinski definition) is 22. The largest absolute Gasteiger partial charge is 0.491 e. The second-order valence-electron chi connectivity index (χ2n) is 19.2. The van der Waals surface area contributed by atoms with Crippen LogP contribution < -0.4 is 31.9 Å². The van der Waals surface area contributed by atoms with E-state index in [4.69, 9.17) is 28.4 Å². The van der Waals surface area contributed by atoms with Crippen LogP contribution >= 0.6 is 0 Å². The normalized spacial score (nSPS) is 25.5. The zero-order chi connectivity index (χ0) is 60.1. The smallest absolute Gasteiger partial charge is 0.471 e. The Morgan fingerprint density at radius 2 is 1.22 bits per heavy atom. The van der Waals surface area contributed by atoms with Crippen LogP contribution in [0.4, 0.5) is 44.6 Å². The molecular formula is C49H58F3N9O21. The molecule has 3 aromatic carbocycles. The Kier molecular flexibility index (Phi) is 21.4. The van der Waals surface area contributed by atoms with Gasteiger partial charge in [0.2, 0.25) is 5.91 Å². The third kappa shape index (κ3) is 17.1. The van der Waals surface area contributed by atoms with Gasteiger partial charge in [0.25, 0.3) is 17.1 Å². The average Bonchev–Trinajstić information content (AvgIpc) is 3.53. The molecule has 0 aromatic heterocycles. The molecule has 0 spiro atoms. The molecule has 12 atom stereocenters. The Morgan fingerprint density at radius 3 is 1.70 bits per heavy atom. The van der Waals surface area contributed by atoms with E-state index in [1.165, 1.54) is 68.6 Å². The van der Waals surface area contributed by atoms with Gasteiger partial charge in [-0.25, -0.2) is 14.4 Å². The summed E-state index contributed by atoms with van der Waals surface area (Å²) < 4.78 is 74.3. The van der Waals surface area contributed by atoms with E-state index >= 15 is 0 Å². The number of ether oxygens (including phenoxy) is 6. The predicted octanol–water partition coefficient (Wildman–Crippen LogP) is 1.64.